The van der Waals surface area contributed by atoms with Gasteiger partial charge in [-0.2, -0.15) is 13.2 Å². The van der Waals surface area contributed by atoms with Gasteiger partial charge in [-0.3, -0.25) is 0 Å². The molecule has 0 aliphatic rings. The van der Waals surface area contributed by atoms with Crippen LogP contribution in [0.3, 0.4) is 0 Å². The Labute approximate surface area is 154 Å². The molecular weight excluding hydrogens is 357 g/mol. The van der Waals surface area contributed by atoms with E-state index in [1.807, 2.05) is 12.1 Å². The lowest BCUT2D eigenvalue weighted by Crippen LogP contribution is -2.40. The molecule has 0 saturated heterocycles. The highest BCUT2D eigenvalue weighted by atomic mass is 28.4. The zero-order valence-electron chi connectivity index (χ0n) is 16.2. The average Bonchev–Trinajstić information content (AvgIpc) is 2.97. The predicted molar refractivity (Wildman–Crippen MR) is 100 cm³/mol. The summed E-state index contributed by atoms with van der Waals surface area (Å²) in [5.74, 6) is 0.330. The Hall–Kier alpha value is -1.60. The summed E-state index contributed by atoms with van der Waals surface area (Å²) in [4.78, 5) is 3.78. The number of aryl methyl sites for hydroxylation is 1. The SMILES string of the molecule is CCn1cc(C(F)(F)F)nc1-c1ccc(CO[Si](C)(C)C(C)(C)C)cc1. The van der Waals surface area contributed by atoms with Gasteiger partial charge in [-0.05, 0) is 30.6 Å². The highest BCUT2D eigenvalue weighted by molar-refractivity contribution is 6.74. The van der Waals surface area contributed by atoms with Crippen LogP contribution < -0.4 is 0 Å². The van der Waals surface area contributed by atoms with Crippen LogP contribution in [-0.4, -0.2) is 17.9 Å². The number of hydrogen-bond donors (Lipinski definition) is 0. The van der Waals surface area contributed by atoms with Crippen LogP contribution in [0.15, 0.2) is 30.5 Å². The molecule has 2 rings (SSSR count). The molecule has 0 aliphatic heterocycles. The molecule has 3 nitrogen and oxygen atoms in total. The Morgan fingerprint density at radius 1 is 1.08 bits per heavy atom. The van der Waals surface area contributed by atoms with Crippen LogP contribution in [0, 0.1) is 0 Å². The van der Waals surface area contributed by atoms with Gasteiger partial charge in [-0.25, -0.2) is 4.98 Å². The van der Waals surface area contributed by atoms with Crippen molar-refractivity contribution in [2.24, 2.45) is 0 Å². The second kappa shape index (κ2) is 7.19. The molecule has 0 amide bonds. The first-order valence-electron chi connectivity index (χ1n) is 8.73. The standard InChI is InChI=1S/C19H27F3N2OSi/c1-7-24-12-16(19(20,21)22)23-17(24)15-10-8-14(9-11-15)13-25-26(5,6)18(2,3)4/h8-12H,7,13H2,1-6H3. The third-order valence-corrected chi connectivity index (χ3v) is 9.50. The smallest absolute Gasteiger partial charge is 0.413 e. The summed E-state index contributed by atoms with van der Waals surface area (Å²) in [7, 11) is -1.84. The van der Waals surface area contributed by atoms with Crippen molar-refractivity contribution in [3.05, 3.63) is 41.7 Å². The first-order chi connectivity index (χ1) is 11.8. The third-order valence-electron chi connectivity index (χ3n) is 5.03. The Kier molecular flexibility index (Phi) is 5.73. The second-order valence-corrected chi connectivity index (χ2v) is 12.8. The van der Waals surface area contributed by atoms with Gasteiger partial charge < -0.3 is 8.99 Å². The number of benzene rings is 1. The van der Waals surface area contributed by atoms with Crippen molar-refractivity contribution in [2.45, 2.75) is 65.2 Å². The quantitative estimate of drug-likeness (QED) is 0.582. The van der Waals surface area contributed by atoms with Crippen LogP contribution in [0.25, 0.3) is 11.4 Å². The summed E-state index contributed by atoms with van der Waals surface area (Å²) in [6.45, 7) is 13.7. The highest BCUT2D eigenvalue weighted by Crippen LogP contribution is 2.37. The number of halogens is 3. The molecule has 0 spiro atoms. The van der Waals surface area contributed by atoms with Gasteiger partial charge in [-0.1, -0.05) is 45.0 Å². The van der Waals surface area contributed by atoms with Crippen molar-refractivity contribution in [3.63, 3.8) is 0 Å². The highest BCUT2D eigenvalue weighted by Gasteiger charge is 2.37. The van der Waals surface area contributed by atoms with E-state index >= 15 is 0 Å². The van der Waals surface area contributed by atoms with E-state index in [1.54, 1.807) is 19.1 Å². The zero-order valence-corrected chi connectivity index (χ0v) is 17.2. The zero-order chi connectivity index (χ0) is 19.8. The van der Waals surface area contributed by atoms with Crippen molar-refractivity contribution >= 4 is 8.32 Å². The summed E-state index contributed by atoms with van der Waals surface area (Å²) in [6.07, 6.45) is -3.38. The van der Waals surface area contributed by atoms with E-state index in [0.717, 1.165) is 11.8 Å². The minimum absolute atomic E-state index is 0.132. The minimum Gasteiger partial charge on any atom is -0.413 e. The van der Waals surface area contributed by atoms with Gasteiger partial charge in [0.15, 0.2) is 14.0 Å². The summed E-state index contributed by atoms with van der Waals surface area (Å²) < 4.78 is 46.5. The summed E-state index contributed by atoms with van der Waals surface area (Å²) in [5, 5.41) is 0.132. The Morgan fingerprint density at radius 2 is 1.65 bits per heavy atom. The molecule has 26 heavy (non-hydrogen) atoms. The molecule has 0 fully saturated rings. The topological polar surface area (TPSA) is 27.1 Å². The lowest BCUT2D eigenvalue weighted by atomic mass is 10.1. The molecule has 0 saturated carbocycles. The summed E-state index contributed by atoms with van der Waals surface area (Å²) in [6, 6.07) is 7.40. The van der Waals surface area contributed by atoms with Gasteiger partial charge in [0.1, 0.15) is 5.82 Å². The average molecular weight is 385 g/mol. The Morgan fingerprint density at radius 3 is 2.12 bits per heavy atom. The number of hydrogen-bond acceptors (Lipinski definition) is 2. The molecule has 1 aromatic carbocycles. The van der Waals surface area contributed by atoms with Crippen molar-refractivity contribution in [2.75, 3.05) is 0 Å². The first-order valence-corrected chi connectivity index (χ1v) is 11.6. The van der Waals surface area contributed by atoms with Crippen molar-refractivity contribution in [1.82, 2.24) is 9.55 Å². The maximum Gasteiger partial charge on any atom is 0.434 e. The van der Waals surface area contributed by atoms with Crippen LogP contribution in [0.2, 0.25) is 18.1 Å². The number of nitrogens with zero attached hydrogens (tertiary/aromatic N) is 2. The monoisotopic (exact) mass is 384 g/mol. The summed E-state index contributed by atoms with van der Waals surface area (Å²) >= 11 is 0. The maximum atomic E-state index is 12.9. The molecule has 2 aromatic rings. The number of aromatic nitrogens is 2. The first kappa shape index (κ1) is 20.7. The Bertz CT molecular complexity index is 744. The molecule has 144 valence electrons. The Balaban J connectivity index is 2.19. The van der Waals surface area contributed by atoms with Gasteiger partial charge in [0, 0.05) is 18.3 Å². The van der Waals surface area contributed by atoms with Gasteiger partial charge >= 0.3 is 6.18 Å². The lowest BCUT2D eigenvalue weighted by Gasteiger charge is -2.36. The van der Waals surface area contributed by atoms with Crippen molar-refractivity contribution in [1.29, 1.82) is 0 Å². The van der Waals surface area contributed by atoms with E-state index in [-0.39, 0.29) is 5.04 Å². The number of rotatable bonds is 5. The summed E-state index contributed by atoms with van der Waals surface area (Å²) in [5.41, 5.74) is 0.808. The van der Waals surface area contributed by atoms with Crippen LogP contribution in [0.4, 0.5) is 13.2 Å². The molecule has 0 bridgehead atoms. The van der Waals surface area contributed by atoms with Crippen LogP contribution in [-0.2, 0) is 23.8 Å². The van der Waals surface area contributed by atoms with Gasteiger partial charge in [-0.15, -0.1) is 0 Å². The lowest BCUT2D eigenvalue weighted by molar-refractivity contribution is -0.140. The minimum atomic E-state index is -4.44. The fourth-order valence-corrected chi connectivity index (χ4v) is 3.21. The molecule has 0 N–H and O–H groups in total. The fraction of sp³-hybridized carbons (Fsp3) is 0.526. The molecule has 0 radical (unpaired) electrons. The number of alkyl halides is 3. The largest absolute Gasteiger partial charge is 0.434 e. The van der Waals surface area contributed by atoms with E-state index in [9.17, 15) is 13.2 Å². The van der Waals surface area contributed by atoms with E-state index in [0.29, 0.717) is 24.5 Å². The predicted octanol–water partition coefficient (Wildman–Crippen LogP) is 6.11. The molecule has 0 aliphatic carbocycles. The molecule has 1 aromatic heterocycles. The molecule has 1 heterocycles. The van der Waals surface area contributed by atoms with E-state index in [1.165, 1.54) is 4.57 Å². The van der Waals surface area contributed by atoms with E-state index in [2.05, 4.69) is 38.8 Å². The van der Waals surface area contributed by atoms with Gasteiger partial charge in [0.2, 0.25) is 0 Å². The van der Waals surface area contributed by atoms with Crippen molar-refractivity contribution in [3.8, 4) is 11.4 Å². The van der Waals surface area contributed by atoms with Gasteiger partial charge in [0.05, 0.1) is 6.61 Å². The molecular formula is C19H27F3N2OSi. The molecule has 7 heteroatoms. The second-order valence-electron chi connectivity index (χ2n) is 7.98. The van der Waals surface area contributed by atoms with Crippen molar-refractivity contribution < 1.29 is 17.6 Å². The third kappa shape index (κ3) is 4.56. The number of imidazole rings is 1. The van der Waals surface area contributed by atoms with Gasteiger partial charge in [0.25, 0.3) is 0 Å². The normalized spacial score (nSPS) is 13.3. The van der Waals surface area contributed by atoms with Crippen LogP contribution in [0.5, 0.6) is 0 Å². The fourth-order valence-electron chi connectivity index (χ4n) is 2.25. The van der Waals surface area contributed by atoms with Crippen LogP contribution in [0.1, 0.15) is 39.0 Å². The van der Waals surface area contributed by atoms with Crippen LogP contribution >= 0.6 is 0 Å². The van der Waals surface area contributed by atoms with E-state index < -0.39 is 20.2 Å². The molecule has 0 atom stereocenters. The molecule has 0 unspecified atom stereocenters. The maximum absolute atomic E-state index is 12.9. The van der Waals surface area contributed by atoms with E-state index in [4.69, 9.17) is 4.43 Å².